The number of aliphatic hydroxyl groups is 1. The predicted octanol–water partition coefficient (Wildman–Crippen LogP) is 1.00. The van der Waals surface area contributed by atoms with Crippen LogP contribution in [0.3, 0.4) is 0 Å². The van der Waals surface area contributed by atoms with Gasteiger partial charge >= 0.3 is 5.97 Å². The normalized spacial score (nSPS) is 30.7. The lowest BCUT2D eigenvalue weighted by atomic mass is 9.70. The molecular formula is C29H39N3O7. The summed E-state index contributed by atoms with van der Waals surface area (Å²) in [5, 5.41) is 10.6. The number of amides is 2. The van der Waals surface area contributed by atoms with E-state index in [1.165, 1.54) is 4.90 Å². The molecule has 4 aliphatic heterocycles. The van der Waals surface area contributed by atoms with Gasteiger partial charge < -0.3 is 29.1 Å². The molecule has 212 valence electrons. The van der Waals surface area contributed by atoms with Crippen molar-refractivity contribution in [1.82, 2.24) is 14.7 Å². The molecule has 4 fully saturated rings. The third kappa shape index (κ3) is 4.88. The second-order valence-corrected chi connectivity index (χ2v) is 10.7. The predicted molar refractivity (Wildman–Crippen MR) is 141 cm³/mol. The zero-order valence-electron chi connectivity index (χ0n) is 22.6. The summed E-state index contributed by atoms with van der Waals surface area (Å²) in [7, 11) is 0. The fourth-order valence-corrected chi connectivity index (χ4v) is 6.95. The molecule has 1 spiro atoms. The Hall–Kier alpha value is -2.79. The van der Waals surface area contributed by atoms with Gasteiger partial charge in [-0.1, -0.05) is 36.4 Å². The molecule has 0 saturated carbocycles. The van der Waals surface area contributed by atoms with Crippen molar-refractivity contribution >= 4 is 17.8 Å². The Kier molecular flexibility index (Phi) is 8.37. The monoisotopic (exact) mass is 541 g/mol. The first-order valence-electron chi connectivity index (χ1n) is 14.0. The Bertz CT molecular complexity index is 1060. The minimum absolute atomic E-state index is 0.194. The van der Waals surface area contributed by atoms with Gasteiger partial charge in [0, 0.05) is 32.7 Å². The highest BCUT2D eigenvalue weighted by Crippen LogP contribution is 2.60. The molecule has 4 saturated heterocycles. The molecule has 2 bridgehead atoms. The first-order chi connectivity index (χ1) is 19.0. The second-order valence-electron chi connectivity index (χ2n) is 10.7. The van der Waals surface area contributed by atoms with Gasteiger partial charge in [-0.2, -0.15) is 0 Å². The summed E-state index contributed by atoms with van der Waals surface area (Å²) in [6.45, 7) is 9.74. The topological polar surface area (TPSA) is 109 Å². The van der Waals surface area contributed by atoms with Gasteiger partial charge in [-0.25, -0.2) is 0 Å². The smallest absolute Gasteiger partial charge is 0.312 e. The zero-order chi connectivity index (χ0) is 27.6. The molecule has 10 nitrogen and oxygen atoms in total. The van der Waals surface area contributed by atoms with E-state index < -0.39 is 41.6 Å². The number of carbonyl (C=O) groups is 3. The van der Waals surface area contributed by atoms with Gasteiger partial charge in [-0.15, -0.1) is 6.58 Å². The summed E-state index contributed by atoms with van der Waals surface area (Å²) in [6.07, 6.45) is 2.26. The van der Waals surface area contributed by atoms with Gasteiger partial charge in [0.2, 0.25) is 11.8 Å². The molecule has 10 heteroatoms. The van der Waals surface area contributed by atoms with Crippen molar-refractivity contribution in [2.75, 3.05) is 59.2 Å². The Morgan fingerprint density at radius 3 is 2.69 bits per heavy atom. The second kappa shape index (κ2) is 11.8. The number of benzene rings is 1. The Labute approximate surface area is 229 Å². The lowest BCUT2D eigenvalue weighted by molar-refractivity contribution is -0.156. The lowest BCUT2D eigenvalue weighted by Gasteiger charge is -2.40. The number of fused-ring (bicyclic) bond motifs is 1. The van der Waals surface area contributed by atoms with Gasteiger partial charge in [0.15, 0.2) is 0 Å². The summed E-state index contributed by atoms with van der Waals surface area (Å²) in [6, 6.07) is 7.46. The average molecular weight is 542 g/mol. The van der Waals surface area contributed by atoms with Gasteiger partial charge in [0.1, 0.15) is 11.6 Å². The molecule has 0 aliphatic carbocycles. The summed E-state index contributed by atoms with van der Waals surface area (Å²) >= 11 is 0. The molecule has 1 aromatic rings. The van der Waals surface area contributed by atoms with Crippen molar-refractivity contribution in [2.45, 2.75) is 43.6 Å². The number of aliphatic hydroxyl groups excluding tert-OH is 1. The third-order valence-corrected chi connectivity index (χ3v) is 8.67. The van der Waals surface area contributed by atoms with E-state index in [1.807, 2.05) is 30.3 Å². The van der Waals surface area contributed by atoms with Crippen LogP contribution in [0.25, 0.3) is 0 Å². The summed E-state index contributed by atoms with van der Waals surface area (Å²) < 4.78 is 17.3. The highest BCUT2D eigenvalue weighted by Gasteiger charge is 2.75. The molecule has 4 aliphatic rings. The largest absolute Gasteiger partial charge is 0.466 e. The van der Waals surface area contributed by atoms with Crippen LogP contribution >= 0.6 is 0 Å². The van der Waals surface area contributed by atoms with Crippen LogP contribution in [-0.2, 0) is 28.6 Å². The molecule has 0 radical (unpaired) electrons. The van der Waals surface area contributed by atoms with Crippen LogP contribution < -0.4 is 0 Å². The summed E-state index contributed by atoms with van der Waals surface area (Å²) in [5.74, 6) is -2.68. The SMILES string of the molecule is C=CCN(CCN1CCOCC1)C(=O)[C@H]1N([C@H](CO)c2ccccc2)C(=O)[C@@H]2[C@@H](C(=O)OCC)[C@H]3CC[C@]21O3. The zero-order valence-corrected chi connectivity index (χ0v) is 22.6. The molecule has 1 N–H and O–H groups in total. The number of hydrogen-bond donors (Lipinski definition) is 1. The first kappa shape index (κ1) is 27.8. The molecular weight excluding hydrogens is 502 g/mol. The van der Waals surface area contributed by atoms with Crippen molar-refractivity contribution in [3.8, 4) is 0 Å². The number of morpholine rings is 1. The maximum absolute atomic E-state index is 14.5. The van der Waals surface area contributed by atoms with Gasteiger partial charge in [0.25, 0.3) is 0 Å². The molecule has 6 atom stereocenters. The number of likely N-dealkylation sites (tertiary alicyclic amines) is 1. The Balaban J connectivity index is 1.52. The van der Waals surface area contributed by atoms with Crippen molar-refractivity contribution in [3.63, 3.8) is 0 Å². The van der Waals surface area contributed by atoms with Crippen LogP contribution in [0.1, 0.15) is 31.4 Å². The van der Waals surface area contributed by atoms with E-state index in [-0.39, 0.29) is 25.0 Å². The van der Waals surface area contributed by atoms with Crippen LogP contribution in [-0.4, -0.2) is 114 Å². The minimum atomic E-state index is -1.16. The van der Waals surface area contributed by atoms with Crippen LogP contribution in [0.2, 0.25) is 0 Å². The lowest BCUT2D eigenvalue weighted by Crippen LogP contribution is -2.58. The highest BCUT2D eigenvalue weighted by atomic mass is 16.6. The van der Waals surface area contributed by atoms with Gasteiger partial charge in [0.05, 0.1) is 50.4 Å². The molecule has 1 aromatic carbocycles. The summed E-state index contributed by atoms with van der Waals surface area (Å²) in [5.41, 5.74) is -0.440. The number of ether oxygens (including phenoxy) is 3. The molecule has 0 aromatic heterocycles. The maximum Gasteiger partial charge on any atom is 0.312 e. The molecule has 2 amide bonds. The van der Waals surface area contributed by atoms with Crippen molar-refractivity contribution in [3.05, 3.63) is 48.6 Å². The number of esters is 1. The van der Waals surface area contributed by atoms with E-state index in [2.05, 4.69) is 11.5 Å². The number of carbonyl (C=O) groups excluding carboxylic acids is 3. The minimum Gasteiger partial charge on any atom is -0.466 e. The van der Waals surface area contributed by atoms with Crippen molar-refractivity contribution in [1.29, 1.82) is 0 Å². The quantitative estimate of drug-likeness (QED) is 0.327. The fourth-order valence-electron chi connectivity index (χ4n) is 6.95. The standard InChI is InChI=1S/C29H39N3O7/c1-3-12-31(14-13-30-15-17-37-18-16-30)27(35)25-29-11-10-22(39-29)23(28(36)38-4-2)24(29)26(34)32(25)21(19-33)20-8-6-5-7-9-20/h3,5-9,21-25,33H,1,4,10-19H2,2H3/t21-,22-,23+,24+,25-,29+/m1/s1. The van der Waals surface area contributed by atoms with E-state index in [1.54, 1.807) is 17.9 Å². The van der Waals surface area contributed by atoms with E-state index in [0.717, 1.165) is 13.1 Å². The Morgan fingerprint density at radius 1 is 1.28 bits per heavy atom. The average Bonchev–Trinajstić information content (AvgIpc) is 3.60. The summed E-state index contributed by atoms with van der Waals surface area (Å²) in [4.78, 5) is 47.3. The van der Waals surface area contributed by atoms with Crippen LogP contribution in [0.5, 0.6) is 0 Å². The first-order valence-corrected chi connectivity index (χ1v) is 14.0. The highest BCUT2D eigenvalue weighted by molar-refractivity contribution is 5.98. The van der Waals surface area contributed by atoms with Gasteiger partial charge in [-0.3, -0.25) is 19.3 Å². The fraction of sp³-hybridized carbons (Fsp3) is 0.621. The van der Waals surface area contributed by atoms with Crippen molar-refractivity contribution in [2.24, 2.45) is 11.8 Å². The van der Waals surface area contributed by atoms with Crippen LogP contribution in [0, 0.1) is 11.8 Å². The van der Waals surface area contributed by atoms with Crippen LogP contribution in [0.4, 0.5) is 0 Å². The number of hydrogen-bond acceptors (Lipinski definition) is 8. The molecule has 5 rings (SSSR count). The van der Waals surface area contributed by atoms with Crippen LogP contribution in [0.15, 0.2) is 43.0 Å². The van der Waals surface area contributed by atoms with Gasteiger partial charge in [-0.05, 0) is 25.3 Å². The number of nitrogens with zero attached hydrogens (tertiary/aromatic N) is 3. The van der Waals surface area contributed by atoms with E-state index in [0.29, 0.717) is 51.3 Å². The number of rotatable bonds is 11. The molecule has 0 unspecified atom stereocenters. The molecule has 4 heterocycles. The maximum atomic E-state index is 14.5. The van der Waals surface area contributed by atoms with E-state index in [4.69, 9.17) is 14.2 Å². The molecule has 39 heavy (non-hydrogen) atoms. The Morgan fingerprint density at radius 2 is 2.03 bits per heavy atom. The third-order valence-electron chi connectivity index (χ3n) is 8.67. The van der Waals surface area contributed by atoms with E-state index in [9.17, 15) is 19.5 Å². The van der Waals surface area contributed by atoms with E-state index >= 15 is 0 Å². The van der Waals surface area contributed by atoms with Crippen molar-refractivity contribution < 1.29 is 33.7 Å².